The molecule has 4 nitrogen and oxygen atoms in total. The Bertz CT molecular complexity index is 858. The van der Waals surface area contributed by atoms with Gasteiger partial charge in [-0.15, -0.1) is 0 Å². The van der Waals surface area contributed by atoms with Crippen molar-refractivity contribution in [2.24, 2.45) is 5.73 Å². The molecule has 0 saturated carbocycles. The Morgan fingerprint density at radius 3 is 2.54 bits per heavy atom. The second-order valence-electron chi connectivity index (χ2n) is 7.41. The van der Waals surface area contributed by atoms with Crippen LogP contribution >= 0.6 is 0 Å². The molecule has 0 aliphatic carbocycles. The lowest BCUT2D eigenvalue weighted by Gasteiger charge is -2.41. The zero-order valence-electron chi connectivity index (χ0n) is 15.5. The number of anilines is 1. The van der Waals surface area contributed by atoms with Crippen LogP contribution in [0.4, 0.5) is 5.69 Å². The first-order valence-electron chi connectivity index (χ1n) is 9.04. The minimum Gasteiger partial charge on any atom is -0.370 e. The number of para-hydroxylation sites is 1. The number of aryl methyl sites for hydroxylation is 2. The summed E-state index contributed by atoms with van der Waals surface area (Å²) in [5.74, 6) is 0. The van der Waals surface area contributed by atoms with E-state index >= 15 is 0 Å². The van der Waals surface area contributed by atoms with Crippen LogP contribution in [0.25, 0.3) is 0 Å². The quantitative estimate of drug-likeness (QED) is 0.859. The van der Waals surface area contributed by atoms with Crippen molar-refractivity contribution in [3.05, 3.63) is 64.2 Å². The average molecular weight is 347 g/mol. The van der Waals surface area contributed by atoms with Gasteiger partial charge in [0.15, 0.2) is 0 Å². The van der Waals surface area contributed by atoms with Crippen LogP contribution in [0.15, 0.2) is 36.4 Å². The van der Waals surface area contributed by atoms with Gasteiger partial charge in [0.25, 0.3) is 0 Å². The molecule has 134 valence electrons. The van der Waals surface area contributed by atoms with Gasteiger partial charge in [0.05, 0.1) is 11.3 Å². The normalized spacial score (nSPS) is 16.2. The van der Waals surface area contributed by atoms with E-state index in [-0.39, 0.29) is 5.54 Å². The van der Waals surface area contributed by atoms with Gasteiger partial charge in [-0.1, -0.05) is 18.2 Å². The lowest BCUT2D eigenvalue weighted by molar-refractivity contribution is 0.112. The molecule has 0 atom stereocenters. The minimum atomic E-state index is -0.280. The summed E-state index contributed by atoms with van der Waals surface area (Å²) in [5.41, 5.74) is 12.2. The average Bonchev–Trinajstić information content (AvgIpc) is 2.64. The smallest absolute Gasteiger partial charge is 0.150 e. The molecule has 1 saturated heterocycles. The van der Waals surface area contributed by atoms with E-state index in [1.807, 2.05) is 37.3 Å². The Kier molecular flexibility index (Phi) is 5.11. The molecule has 0 unspecified atom stereocenters. The summed E-state index contributed by atoms with van der Waals surface area (Å²) < 4.78 is 0. The third kappa shape index (κ3) is 3.63. The Morgan fingerprint density at radius 2 is 1.88 bits per heavy atom. The molecule has 26 heavy (non-hydrogen) atoms. The van der Waals surface area contributed by atoms with Gasteiger partial charge in [-0.25, -0.2) is 0 Å². The lowest BCUT2D eigenvalue weighted by Crippen LogP contribution is -2.52. The molecule has 1 aliphatic rings. The molecular formula is C22H25N3O. The Balaban J connectivity index is 1.75. The maximum absolute atomic E-state index is 11.3. The number of carbonyl (C=O) groups is 1. The second-order valence-corrected chi connectivity index (χ2v) is 7.41. The van der Waals surface area contributed by atoms with Crippen LogP contribution in [-0.4, -0.2) is 24.9 Å². The molecule has 2 aromatic carbocycles. The number of carbonyl (C=O) groups excluding carboxylic acids is 1. The number of nitrogens with two attached hydrogens (primary N) is 1. The highest BCUT2D eigenvalue weighted by Crippen LogP contribution is 2.30. The van der Waals surface area contributed by atoms with Crippen molar-refractivity contribution in [2.45, 2.75) is 38.6 Å². The van der Waals surface area contributed by atoms with E-state index in [9.17, 15) is 10.1 Å². The molecule has 4 heteroatoms. The van der Waals surface area contributed by atoms with Crippen LogP contribution in [0.2, 0.25) is 0 Å². The molecule has 0 aromatic heterocycles. The van der Waals surface area contributed by atoms with Crippen molar-refractivity contribution in [3.63, 3.8) is 0 Å². The van der Waals surface area contributed by atoms with Crippen LogP contribution in [-0.2, 0) is 6.42 Å². The molecule has 0 radical (unpaired) electrons. The number of nitriles is 1. The highest BCUT2D eigenvalue weighted by atomic mass is 16.1. The summed E-state index contributed by atoms with van der Waals surface area (Å²) in [6.45, 7) is 5.71. The Labute approximate surface area is 155 Å². The van der Waals surface area contributed by atoms with Gasteiger partial charge in [-0.05, 0) is 68.0 Å². The van der Waals surface area contributed by atoms with Crippen molar-refractivity contribution in [1.82, 2.24) is 0 Å². The maximum atomic E-state index is 11.3. The van der Waals surface area contributed by atoms with Gasteiger partial charge in [0.1, 0.15) is 12.4 Å². The van der Waals surface area contributed by atoms with E-state index in [2.05, 4.69) is 24.0 Å². The molecule has 3 rings (SSSR count). The van der Waals surface area contributed by atoms with Crippen LogP contribution in [0.5, 0.6) is 0 Å². The zero-order chi connectivity index (χ0) is 18.7. The summed E-state index contributed by atoms with van der Waals surface area (Å²) in [5, 5.41) is 9.32. The van der Waals surface area contributed by atoms with Crippen molar-refractivity contribution in [2.75, 3.05) is 18.0 Å². The number of rotatable bonds is 4. The predicted octanol–water partition coefficient (Wildman–Crippen LogP) is 3.53. The summed E-state index contributed by atoms with van der Waals surface area (Å²) >= 11 is 0. The second kappa shape index (κ2) is 7.31. The summed E-state index contributed by atoms with van der Waals surface area (Å²) in [6, 6.07) is 14.1. The van der Waals surface area contributed by atoms with Gasteiger partial charge in [-0.3, -0.25) is 4.79 Å². The zero-order valence-corrected chi connectivity index (χ0v) is 15.5. The van der Waals surface area contributed by atoms with Crippen molar-refractivity contribution >= 4 is 12.0 Å². The highest BCUT2D eigenvalue weighted by Gasteiger charge is 2.32. The van der Waals surface area contributed by atoms with Gasteiger partial charge in [0.2, 0.25) is 0 Å². The first kappa shape index (κ1) is 18.2. The summed E-state index contributed by atoms with van der Waals surface area (Å²) in [7, 11) is 0. The Morgan fingerprint density at radius 1 is 1.19 bits per heavy atom. The van der Waals surface area contributed by atoms with Gasteiger partial charge >= 0.3 is 0 Å². The van der Waals surface area contributed by atoms with Crippen LogP contribution < -0.4 is 10.6 Å². The summed E-state index contributed by atoms with van der Waals surface area (Å²) in [6.07, 6.45) is 3.41. The third-order valence-electron chi connectivity index (χ3n) is 5.52. The number of hydrogen-bond acceptors (Lipinski definition) is 4. The number of hydrogen-bond donors (Lipinski definition) is 1. The fourth-order valence-electron chi connectivity index (χ4n) is 3.83. The predicted molar refractivity (Wildman–Crippen MR) is 105 cm³/mol. The van der Waals surface area contributed by atoms with Crippen molar-refractivity contribution < 1.29 is 4.79 Å². The molecule has 1 aliphatic heterocycles. The molecule has 2 aromatic rings. The molecule has 0 bridgehead atoms. The lowest BCUT2D eigenvalue weighted by atomic mass is 9.81. The van der Waals surface area contributed by atoms with Gasteiger partial charge in [-0.2, -0.15) is 5.26 Å². The topological polar surface area (TPSA) is 70.1 Å². The molecule has 2 N–H and O–H groups in total. The van der Waals surface area contributed by atoms with Crippen LogP contribution in [0, 0.1) is 25.2 Å². The number of piperidine rings is 1. The maximum Gasteiger partial charge on any atom is 0.150 e. The first-order valence-corrected chi connectivity index (χ1v) is 9.04. The number of nitrogens with zero attached hydrogens (tertiary/aromatic N) is 2. The fraction of sp³-hybridized carbons (Fsp3) is 0.364. The fourth-order valence-corrected chi connectivity index (χ4v) is 3.83. The largest absolute Gasteiger partial charge is 0.370 e. The van der Waals surface area contributed by atoms with E-state index < -0.39 is 0 Å². The molecular weight excluding hydrogens is 322 g/mol. The van der Waals surface area contributed by atoms with E-state index in [0.29, 0.717) is 5.56 Å². The molecule has 1 fully saturated rings. The molecule has 0 spiro atoms. The minimum absolute atomic E-state index is 0.280. The van der Waals surface area contributed by atoms with Crippen LogP contribution in [0.1, 0.15) is 45.5 Å². The van der Waals surface area contributed by atoms with Crippen molar-refractivity contribution in [1.29, 1.82) is 5.26 Å². The van der Waals surface area contributed by atoms with Gasteiger partial charge < -0.3 is 10.6 Å². The van der Waals surface area contributed by atoms with E-state index in [0.717, 1.165) is 61.0 Å². The first-order chi connectivity index (χ1) is 12.5. The van der Waals surface area contributed by atoms with Crippen LogP contribution in [0.3, 0.4) is 0 Å². The number of aldehydes is 1. The monoisotopic (exact) mass is 347 g/mol. The SMILES string of the molecule is Cc1cc(C)c(CC2(N)CCN(c3ccccc3C#N)CC2)cc1C=O. The highest BCUT2D eigenvalue weighted by molar-refractivity contribution is 5.77. The standard InChI is InChI=1S/C22H25N3O/c1-16-11-17(2)20(15-26)12-19(16)13-22(24)7-9-25(10-8-22)21-6-4-3-5-18(21)14-23/h3-6,11-12,15H,7-10,13,24H2,1-2H3. The number of benzene rings is 2. The summed E-state index contributed by atoms with van der Waals surface area (Å²) in [4.78, 5) is 13.5. The molecule has 1 heterocycles. The van der Waals surface area contributed by atoms with Crippen molar-refractivity contribution in [3.8, 4) is 6.07 Å². The molecule has 0 amide bonds. The van der Waals surface area contributed by atoms with Gasteiger partial charge in [0, 0.05) is 24.2 Å². The van der Waals surface area contributed by atoms with E-state index in [4.69, 9.17) is 5.73 Å². The third-order valence-corrected chi connectivity index (χ3v) is 5.52. The van der Waals surface area contributed by atoms with E-state index in [1.165, 1.54) is 5.56 Å². The Hall–Kier alpha value is -2.64. The van der Waals surface area contributed by atoms with E-state index in [1.54, 1.807) is 0 Å².